The SMILES string of the molecule is CCCCN(CCCC)C(=NCCC)[N+](CCCC)(CCCC)CCCC. The highest BCUT2D eigenvalue weighted by atomic mass is 15.5. The zero-order valence-corrected chi connectivity index (χ0v) is 19.9. The van der Waals surface area contributed by atoms with Crippen LogP contribution < -0.4 is 0 Å². The van der Waals surface area contributed by atoms with Crippen molar-refractivity contribution in [3.8, 4) is 0 Å². The number of unbranched alkanes of at least 4 members (excludes halogenated alkanes) is 5. The van der Waals surface area contributed by atoms with Gasteiger partial charge in [0, 0.05) is 19.6 Å². The molecule has 3 heteroatoms. The zero-order valence-electron chi connectivity index (χ0n) is 19.9. The first-order valence-electron chi connectivity index (χ1n) is 12.3. The normalized spacial score (nSPS) is 12.6. The standard InChI is InChI=1S/C24H52N3/c1-7-13-19-26(20-14-8-2)24(25-18-12-6)27(21-15-9-3,22-16-10-4)23-17-11-5/h7-23H2,1-6H3/q+1. The van der Waals surface area contributed by atoms with Gasteiger partial charge in [0.05, 0.1) is 19.6 Å². The molecule has 0 saturated carbocycles. The summed E-state index contributed by atoms with van der Waals surface area (Å²) in [5, 5.41) is 0. The van der Waals surface area contributed by atoms with Crippen LogP contribution in [0.2, 0.25) is 0 Å². The van der Waals surface area contributed by atoms with Crippen molar-refractivity contribution in [1.82, 2.24) is 4.90 Å². The van der Waals surface area contributed by atoms with Crippen LogP contribution in [0.5, 0.6) is 0 Å². The van der Waals surface area contributed by atoms with Crippen LogP contribution in [0.1, 0.15) is 112 Å². The molecule has 0 rings (SSSR count). The molecule has 162 valence electrons. The maximum Gasteiger partial charge on any atom is 0.300 e. The van der Waals surface area contributed by atoms with E-state index in [0.29, 0.717) is 0 Å². The van der Waals surface area contributed by atoms with Crippen LogP contribution in [0.15, 0.2) is 4.99 Å². The Morgan fingerprint density at radius 1 is 0.593 bits per heavy atom. The predicted molar refractivity (Wildman–Crippen MR) is 124 cm³/mol. The topological polar surface area (TPSA) is 15.6 Å². The van der Waals surface area contributed by atoms with E-state index < -0.39 is 0 Å². The third-order valence-corrected chi connectivity index (χ3v) is 5.57. The average molecular weight is 383 g/mol. The highest BCUT2D eigenvalue weighted by Crippen LogP contribution is 2.20. The van der Waals surface area contributed by atoms with Crippen molar-refractivity contribution in [3.63, 3.8) is 0 Å². The van der Waals surface area contributed by atoms with Crippen LogP contribution in [0, 0.1) is 0 Å². The van der Waals surface area contributed by atoms with Gasteiger partial charge in [0.1, 0.15) is 0 Å². The predicted octanol–water partition coefficient (Wildman–Crippen LogP) is 6.87. The Labute approximate surface area is 172 Å². The van der Waals surface area contributed by atoms with Gasteiger partial charge in [0.15, 0.2) is 0 Å². The summed E-state index contributed by atoms with van der Waals surface area (Å²) >= 11 is 0. The zero-order chi connectivity index (χ0) is 20.4. The van der Waals surface area contributed by atoms with Gasteiger partial charge in [-0.05, 0) is 38.5 Å². The molecule has 0 heterocycles. The molecule has 0 aliphatic rings. The minimum atomic E-state index is 0.981. The van der Waals surface area contributed by atoms with Crippen molar-refractivity contribution in [1.29, 1.82) is 0 Å². The molecule has 0 bridgehead atoms. The second-order valence-corrected chi connectivity index (χ2v) is 8.25. The van der Waals surface area contributed by atoms with E-state index in [4.69, 9.17) is 4.99 Å². The molecule has 0 aliphatic carbocycles. The van der Waals surface area contributed by atoms with Crippen LogP contribution in [0.3, 0.4) is 0 Å². The molecule has 0 aromatic rings. The van der Waals surface area contributed by atoms with Crippen molar-refractivity contribution in [2.75, 3.05) is 39.3 Å². The maximum atomic E-state index is 5.29. The van der Waals surface area contributed by atoms with Crippen molar-refractivity contribution < 1.29 is 4.48 Å². The van der Waals surface area contributed by atoms with Crippen LogP contribution >= 0.6 is 0 Å². The first-order chi connectivity index (χ1) is 13.2. The summed E-state index contributed by atoms with van der Waals surface area (Å²) in [6.07, 6.45) is 14.0. The van der Waals surface area contributed by atoms with E-state index in [1.54, 1.807) is 0 Å². The molecule has 0 amide bonds. The van der Waals surface area contributed by atoms with Gasteiger partial charge in [-0.2, -0.15) is 0 Å². The molecule has 0 aromatic heterocycles. The lowest BCUT2D eigenvalue weighted by atomic mass is 10.1. The summed E-state index contributed by atoms with van der Waals surface area (Å²) in [4.78, 5) is 7.99. The van der Waals surface area contributed by atoms with E-state index in [-0.39, 0.29) is 0 Å². The van der Waals surface area contributed by atoms with E-state index >= 15 is 0 Å². The first-order valence-corrected chi connectivity index (χ1v) is 12.3. The van der Waals surface area contributed by atoms with Crippen LogP contribution in [0.25, 0.3) is 0 Å². The number of hydrogen-bond donors (Lipinski definition) is 0. The number of aliphatic imine (C=N–C) groups is 1. The number of hydrogen-bond acceptors (Lipinski definition) is 1. The van der Waals surface area contributed by atoms with Gasteiger partial charge in [-0.15, -0.1) is 0 Å². The van der Waals surface area contributed by atoms with E-state index in [0.717, 1.165) is 17.4 Å². The van der Waals surface area contributed by atoms with E-state index in [1.807, 2.05) is 0 Å². The summed E-state index contributed by atoms with van der Waals surface area (Å²) in [6.45, 7) is 21.1. The fraction of sp³-hybridized carbons (Fsp3) is 0.958. The van der Waals surface area contributed by atoms with Crippen LogP contribution in [-0.4, -0.2) is 54.6 Å². The number of quaternary nitrogens is 1. The molecule has 0 atom stereocenters. The molecule has 27 heavy (non-hydrogen) atoms. The average Bonchev–Trinajstić information content (AvgIpc) is 2.69. The maximum absolute atomic E-state index is 5.29. The summed E-state index contributed by atoms with van der Waals surface area (Å²) < 4.78 is 1.14. The van der Waals surface area contributed by atoms with E-state index in [2.05, 4.69) is 46.4 Å². The summed E-state index contributed by atoms with van der Waals surface area (Å²) in [5.74, 6) is 1.44. The van der Waals surface area contributed by atoms with Crippen molar-refractivity contribution in [3.05, 3.63) is 0 Å². The highest BCUT2D eigenvalue weighted by Gasteiger charge is 2.36. The number of rotatable bonds is 17. The number of nitrogens with zero attached hydrogens (tertiary/aromatic N) is 3. The fourth-order valence-corrected chi connectivity index (χ4v) is 3.79. The Hall–Kier alpha value is -0.570. The highest BCUT2D eigenvalue weighted by molar-refractivity contribution is 5.73. The largest absolute Gasteiger partial charge is 0.311 e. The minimum absolute atomic E-state index is 0.981. The van der Waals surface area contributed by atoms with Crippen LogP contribution in [-0.2, 0) is 0 Å². The van der Waals surface area contributed by atoms with Crippen molar-refractivity contribution in [2.45, 2.75) is 112 Å². The summed E-state index contributed by atoms with van der Waals surface area (Å²) in [7, 11) is 0. The Kier molecular flexibility index (Phi) is 17.2. The molecule has 0 spiro atoms. The van der Waals surface area contributed by atoms with Crippen molar-refractivity contribution in [2.24, 2.45) is 4.99 Å². The molecule has 0 unspecified atom stereocenters. The van der Waals surface area contributed by atoms with Gasteiger partial charge in [0.2, 0.25) is 0 Å². The summed E-state index contributed by atoms with van der Waals surface area (Å²) in [6, 6.07) is 0. The van der Waals surface area contributed by atoms with Gasteiger partial charge in [-0.1, -0.05) is 73.6 Å². The van der Waals surface area contributed by atoms with Crippen molar-refractivity contribution >= 4 is 5.96 Å². The smallest absolute Gasteiger partial charge is 0.300 e. The third kappa shape index (κ3) is 10.5. The minimum Gasteiger partial charge on any atom is -0.311 e. The molecular formula is C24H52N3+. The van der Waals surface area contributed by atoms with Gasteiger partial charge >= 0.3 is 0 Å². The van der Waals surface area contributed by atoms with Gasteiger partial charge in [-0.3, -0.25) is 4.48 Å². The molecule has 0 aromatic carbocycles. The molecule has 0 N–H and O–H groups in total. The molecule has 3 nitrogen and oxygen atoms in total. The summed E-state index contributed by atoms with van der Waals surface area (Å²) in [5.41, 5.74) is 0. The van der Waals surface area contributed by atoms with Gasteiger partial charge in [0.25, 0.3) is 5.96 Å². The second-order valence-electron chi connectivity index (χ2n) is 8.25. The Morgan fingerprint density at radius 2 is 1.00 bits per heavy atom. The second kappa shape index (κ2) is 17.5. The lowest BCUT2D eigenvalue weighted by Gasteiger charge is -2.43. The Bertz CT molecular complexity index is 322. The molecule has 0 saturated heterocycles. The molecular weight excluding hydrogens is 330 g/mol. The Balaban J connectivity index is 5.92. The third-order valence-electron chi connectivity index (χ3n) is 5.57. The quantitative estimate of drug-likeness (QED) is 0.152. The lowest BCUT2D eigenvalue weighted by Crippen LogP contribution is -2.61. The van der Waals surface area contributed by atoms with E-state index in [1.165, 1.54) is 103 Å². The van der Waals surface area contributed by atoms with E-state index in [9.17, 15) is 0 Å². The molecule has 0 aliphatic heterocycles. The van der Waals surface area contributed by atoms with Crippen LogP contribution in [0.4, 0.5) is 0 Å². The molecule has 0 radical (unpaired) electrons. The fourth-order valence-electron chi connectivity index (χ4n) is 3.79. The Morgan fingerprint density at radius 3 is 1.33 bits per heavy atom. The first kappa shape index (κ1) is 26.4. The lowest BCUT2D eigenvalue weighted by molar-refractivity contribution is -0.848. The van der Waals surface area contributed by atoms with Gasteiger partial charge in [-0.25, -0.2) is 4.99 Å². The molecule has 0 fully saturated rings. The number of guanidine groups is 1. The van der Waals surface area contributed by atoms with Gasteiger partial charge < -0.3 is 4.90 Å². The monoisotopic (exact) mass is 382 g/mol.